The van der Waals surface area contributed by atoms with E-state index in [1.54, 1.807) is 26.0 Å². The quantitative estimate of drug-likeness (QED) is 0.666. The molecule has 2 aromatic rings. The van der Waals surface area contributed by atoms with E-state index in [1.165, 1.54) is 12.1 Å². The Morgan fingerprint density at radius 2 is 1.73 bits per heavy atom. The van der Waals surface area contributed by atoms with Gasteiger partial charge in [0.25, 0.3) is 5.91 Å². The van der Waals surface area contributed by atoms with Gasteiger partial charge < -0.3 is 15.1 Å². The molecule has 1 aliphatic heterocycles. The van der Waals surface area contributed by atoms with Crippen LogP contribution in [0, 0.1) is 5.41 Å². The van der Waals surface area contributed by atoms with Crippen LogP contribution in [0.1, 0.15) is 35.8 Å². The molecule has 1 saturated heterocycles. The van der Waals surface area contributed by atoms with Crippen LogP contribution in [0.2, 0.25) is 0 Å². The Labute approximate surface area is 196 Å². The average Bonchev–Trinajstić information content (AvgIpc) is 2.90. The first-order chi connectivity index (χ1) is 15.3. The average molecular weight is 473 g/mol. The van der Waals surface area contributed by atoms with Crippen LogP contribution < -0.4 is 14.5 Å². The molecule has 8 nitrogen and oxygen atoms in total. The molecule has 3 rings (SSSR count). The van der Waals surface area contributed by atoms with Gasteiger partial charge in [-0.1, -0.05) is 18.2 Å². The van der Waals surface area contributed by atoms with Gasteiger partial charge in [-0.25, -0.2) is 12.7 Å². The molecule has 2 amide bonds. The van der Waals surface area contributed by atoms with E-state index in [0.29, 0.717) is 12.1 Å². The molecule has 0 radical (unpaired) electrons. The summed E-state index contributed by atoms with van der Waals surface area (Å²) in [6.45, 7) is 3.58. The van der Waals surface area contributed by atoms with E-state index in [-0.39, 0.29) is 23.4 Å². The highest BCUT2D eigenvalue weighted by Gasteiger charge is 2.49. The van der Waals surface area contributed by atoms with Crippen molar-refractivity contribution in [1.29, 1.82) is 0 Å². The topological polar surface area (TPSA) is 90.0 Å². The van der Waals surface area contributed by atoms with Gasteiger partial charge in [-0.05, 0) is 63.8 Å². The summed E-state index contributed by atoms with van der Waals surface area (Å²) in [4.78, 5) is 29.6. The van der Waals surface area contributed by atoms with E-state index in [2.05, 4.69) is 5.32 Å². The predicted molar refractivity (Wildman–Crippen MR) is 131 cm³/mol. The minimum atomic E-state index is -3.78. The fraction of sp³-hybridized carbons (Fsp3) is 0.417. The van der Waals surface area contributed by atoms with E-state index in [1.807, 2.05) is 62.3 Å². The van der Waals surface area contributed by atoms with Crippen LogP contribution in [-0.2, 0) is 14.8 Å². The van der Waals surface area contributed by atoms with Gasteiger partial charge in [-0.2, -0.15) is 0 Å². The Morgan fingerprint density at radius 1 is 1.09 bits per heavy atom. The molecule has 0 aromatic heterocycles. The zero-order chi connectivity index (χ0) is 24.6. The molecule has 178 valence electrons. The number of carbonyl (C=O) groups is 2. The summed E-state index contributed by atoms with van der Waals surface area (Å²) in [7, 11) is 4.08. The lowest BCUT2D eigenvalue weighted by Gasteiger charge is -2.26. The van der Waals surface area contributed by atoms with Gasteiger partial charge in [0.2, 0.25) is 15.9 Å². The summed E-state index contributed by atoms with van der Waals surface area (Å²) >= 11 is 0. The highest BCUT2D eigenvalue weighted by atomic mass is 32.2. The Balaban J connectivity index is 1.77. The molecule has 1 heterocycles. The number of hydrogen-bond donors (Lipinski definition) is 1. The van der Waals surface area contributed by atoms with Gasteiger partial charge in [0.15, 0.2) is 0 Å². The molecular formula is C24H32N4O4S. The number of sulfonamides is 1. The van der Waals surface area contributed by atoms with Crippen LogP contribution in [-0.4, -0.2) is 65.6 Å². The number of nitrogens with one attached hydrogen (secondary N) is 1. The lowest BCUT2D eigenvalue weighted by molar-refractivity contribution is -0.123. The monoisotopic (exact) mass is 472 g/mol. The van der Waals surface area contributed by atoms with Crippen molar-refractivity contribution >= 4 is 33.2 Å². The second kappa shape index (κ2) is 9.15. The molecular weight excluding hydrogens is 440 g/mol. The van der Waals surface area contributed by atoms with Crippen molar-refractivity contribution in [2.75, 3.05) is 49.7 Å². The normalized spacial score (nSPS) is 17.8. The molecule has 2 aromatic carbocycles. The Bertz CT molecular complexity index is 1140. The van der Waals surface area contributed by atoms with Gasteiger partial charge in [0, 0.05) is 31.9 Å². The van der Waals surface area contributed by atoms with E-state index >= 15 is 0 Å². The van der Waals surface area contributed by atoms with Crippen LogP contribution in [0.25, 0.3) is 0 Å². The molecule has 0 spiro atoms. The van der Waals surface area contributed by atoms with Crippen LogP contribution >= 0.6 is 0 Å². The molecule has 0 aliphatic carbocycles. The zero-order valence-corrected chi connectivity index (χ0v) is 20.8. The molecule has 1 N–H and O–H groups in total. The highest BCUT2D eigenvalue weighted by Crippen LogP contribution is 2.36. The summed E-state index contributed by atoms with van der Waals surface area (Å²) in [6.07, 6.45) is 0. The molecule has 1 atom stereocenters. The SMILES string of the molecule is CN(C)c1ccc(C(CNC(=O)c2cccc(N3C(=O)C(C)(C)CS3(=O)=O)c2)N(C)C)cc1. The third-order valence-corrected chi connectivity index (χ3v) is 7.82. The van der Waals surface area contributed by atoms with E-state index in [4.69, 9.17) is 0 Å². The van der Waals surface area contributed by atoms with Gasteiger partial charge in [-0.3, -0.25) is 9.59 Å². The van der Waals surface area contributed by atoms with Crippen molar-refractivity contribution in [1.82, 2.24) is 10.2 Å². The molecule has 1 unspecified atom stereocenters. The first-order valence-corrected chi connectivity index (χ1v) is 12.3. The first-order valence-electron chi connectivity index (χ1n) is 10.7. The zero-order valence-electron chi connectivity index (χ0n) is 20.0. The first kappa shape index (κ1) is 24.7. The highest BCUT2D eigenvalue weighted by molar-refractivity contribution is 7.94. The summed E-state index contributed by atoms with van der Waals surface area (Å²) in [5.41, 5.74) is 1.63. The van der Waals surface area contributed by atoms with Crippen molar-refractivity contribution in [3.05, 3.63) is 59.7 Å². The maximum Gasteiger partial charge on any atom is 0.251 e. The Morgan fingerprint density at radius 3 is 2.24 bits per heavy atom. The number of likely N-dealkylation sites (N-methyl/N-ethyl adjacent to an activating group) is 1. The third kappa shape index (κ3) is 5.20. The van der Waals surface area contributed by atoms with Crippen molar-refractivity contribution in [3.63, 3.8) is 0 Å². The number of carbonyl (C=O) groups excluding carboxylic acids is 2. The Kier molecular flexibility index (Phi) is 6.85. The minimum absolute atomic E-state index is 0.0466. The number of benzene rings is 2. The second-order valence-electron chi connectivity index (χ2n) is 9.44. The summed E-state index contributed by atoms with van der Waals surface area (Å²) in [6, 6.07) is 14.3. The smallest absolute Gasteiger partial charge is 0.251 e. The molecule has 0 bridgehead atoms. The van der Waals surface area contributed by atoms with Gasteiger partial charge in [-0.15, -0.1) is 0 Å². The van der Waals surface area contributed by atoms with Crippen LogP contribution in [0.4, 0.5) is 11.4 Å². The van der Waals surface area contributed by atoms with Gasteiger partial charge >= 0.3 is 0 Å². The third-order valence-electron chi connectivity index (χ3n) is 5.80. The number of nitrogens with zero attached hydrogens (tertiary/aromatic N) is 3. The molecule has 0 saturated carbocycles. The lowest BCUT2D eigenvalue weighted by Crippen LogP contribution is -2.35. The van der Waals surface area contributed by atoms with E-state index in [9.17, 15) is 18.0 Å². The van der Waals surface area contributed by atoms with Crippen molar-refractivity contribution in [2.45, 2.75) is 19.9 Å². The maximum atomic E-state index is 12.9. The van der Waals surface area contributed by atoms with Gasteiger partial charge in [0.05, 0.1) is 22.9 Å². The summed E-state index contributed by atoms with van der Waals surface area (Å²) in [5.74, 6) is -1.09. The second-order valence-corrected chi connectivity index (χ2v) is 11.3. The number of rotatable bonds is 7. The number of hydrogen-bond acceptors (Lipinski definition) is 6. The lowest BCUT2D eigenvalue weighted by atomic mass is 9.95. The van der Waals surface area contributed by atoms with E-state index < -0.39 is 21.3 Å². The minimum Gasteiger partial charge on any atom is -0.378 e. The van der Waals surface area contributed by atoms with Crippen molar-refractivity contribution in [3.8, 4) is 0 Å². The summed E-state index contributed by atoms with van der Waals surface area (Å²) in [5, 5.41) is 2.94. The summed E-state index contributed by atoms with van der Waals surface area (Å²) < 4.78 is 26.0. The molecule has 9 heteroatoms. The maximum absolute atomic E-state index is 12.9. The Hall–Kier alpha value is -2.91. The van der Waals surface area contributed by atoms with Crippen LogP contribution in [0.3, 0.4) is 0 Å². The fourth-order valence-corrected chi connectivity index (χ4v) is 6.02. The van der Waals surface area contributed by atoms with E-state index in [0.717, 1.165) is 15.6 Å². The fourth-order valence-electron chi connectivity index (χ4n) is 3.92. The molecule has 1 aliphatic rings. The van der Waals surface area contributed by atoms with Crippen LogP contribution in [0.5, 0.6) is 0 Å². The largest absolute Gasteiger partial charge is 0.378 e. The molecule has 1 fully saturated rings. The van der Waals surface area contributed by atoms with Crippen LogP contribution in [0.15, 0.2) is 48.5 Å². The number of amides is 2. The predicted octanol–water partition coefficient (Wildman–Crippen LogP) is 2.49. The van der Waals surface area contributed by atoms with Gasteiger partial charge in [0.1, 0.15) is 0 Å². The standard InChI is InChI=1S/C24H32N4O4S/c1-24(2)16-33(31,32)28(23(24)30)20-9-7-8-18(14-20)22(29)25-15-21(27(5)6)17-10-12-19(13-11-17)26(3)4/h7-14,21H,15-16H2,1-6H3,(H,25,29). The number of anilines is 2. The molecule has 33 heavy (non-hydrogen) atoms. The van der Waals surface area contributed by atoms with Crippen molar-refractivity contribution < 1.29 is 18.0 Å². The van der Waals surface area contributed by atoms with Crippen molar-refractivity contribution in [2.24, 2.45) is 5.41 Å².